The van der Waals surface area contributed by atoms with Crippen molar-refractivity contribution in [3.63, 3.8) is 0 Å². The zero-order valence-corrected chi connectivity index (χ0v) is 22.1. The predicted molar refractivity (Wildman–Crippen MR) is 149 cm³/mol. The van der Waals surface area contributed by atoms with Crippen molar-refractivity contribution >= 4 is 29.5 Å². The average Bonchev–Trinajstić information content (AvgIpc) is 2.96. The Balaban J connectivity index is 1.47. The van der Waals surface area contributed by atoms with Crippen LogP contribution >= 0.6 is 0 Å². The van der Waals surface area contributed by atoms with E-state index < -0.39 is 0 Å². The van der Waals surface area contributed by atoms with Gasteiger partial charge in [-0.25, -0.2) is 4.39 Å². The van der Waals surface area contributed by atoms with Crippen molar-refractivity contribution in [3.05, 3.63) is 107 Å². The second-order valence-electron chi connectivity index (χ2n) is 9.57. The third-order valence-corrected chi connectivity index (χ3v) is 6.71. The van der Waals surface area contributed by atoms with Gasteiger partial charge in [0.05, 0.1) is 25.5 Å². The predicted octanol–water partition coefficient (Wildman–Crippen LogP) is 5.42. The van der Waals surface area contributed by atoms with Crippen LogP contribution in [0.25, 0.3) is 6.08 Å². The van der Waals surface area contributed by atoms with E-state index in [1.807, 2.05) is 42.5 Å². The Labute approximate surface area is 228 Å². The second kappa shape index (κ2) is 13.5. The summed E-state index contributed by atoms with van der Waals surface area (Å²) >= 11 is 0. The highest BCUT2D eigenvalue weighted by molar-refractivity contribution is 6.03. The lowest BCUT2D eigenvalue weighted by molar-refractivity contribution is -0.151. The molecule has 3 aromatic rings. The Morgan fingerprint density at radius 3 is 2.49 bits per heavy atom. The second-order valence-corrected chi connectivity index (χ2v) is 9.57. The molecule has 202 valence electrons. The first kappa shape index (κ1) is 27.8. The molecule has 0 N–H and O–H groups in total. The van der Waals surface area contributed by atoms with Gasteiger partial charge in [0.1, 0.15) is 5.82 Å². The van der Waals surface area contributed by atoms with E-state index in [-0.39, 0.29) is 42.5 Å². The summed E-state index contributed by atoms with van der Waals surface area (Å²) in [5.74, 6) is -1.18. The Morgan fingerprint density at radius 1 is 1.00 bits per heavy atom. The molecular formula is C32H33FN2O4. The first-order valence-corrected chi connectivity index (χ1v) is 13.3. The van der Waals surface area contributed by atoms with Gasteiger partial charge in [-0.15, -0.1) is 0 Å². The van der Waals surface area contributed by atoms with Gasteiger partial charge in [0.2, 0.25) is 5.91 Å². The highest BCUT2D eigenvalue weighted by atomic mass is 19.1. The number of anilines is 1. The van der Waals surface area contributed by atoms with Gasteiger partial charge in [-0.05, 0) is 66.8 Å². The molecule has 1 atom stereocenters. The molecule has 1 fully saturated rings. The minimum Gasteiger partial charge on any atom is -0.466 e. The molecule has 0 saturated carbocycles. The van der Waals surface area contributed by atoms with Crippen molar-refractivity contribution in [2.24, 2.45) is 5.92 Å². The van der Waals surface area contributed by atoms with E-state index in [0.29, 0.717) is 30.9 Å². The molecule has 1 unspecified atom stereocenters. The molecule has 2 amide bonds. The fourth-order valence-electron chi connectivity index (χ4n) is 4.67. The number of likely N-dealkylation sites (tertiary alicyclic amines) is 1. The monoisotopic (exact) mass is 528 g/mol. The number of rotatable bonds is 9. The maximum Gasteiger partial charge on any atom is 0.310 e. The largest absolute Gasteiger partial charge is 0.466 e. The Kier molecular flexibility index (Phi) is 9.62. The summed E-state index contributed by atoms with van der Waals surface area (Å²) in [5, 5.41) is 0. The van der Waals surface area contributed by atoms with Crippen LogP contribution < -0.4 is 4.90 Å². The van der Waals surface area contributed by atoms with Crippen LogP contribution in [0.4, 0.5) is 10.1 Å². The molecule has 0 aliphatic carbocycles. The van der Waals surface area contributed by atoms with Crippen LogP contribution in [0.3, 0.4) is 0 Å². The molecule has 1 heterocycles. The lowest BCUT2D eigenvalue weighted by atomic mass is 9.97. The number of amides is 2. The van der Waals surface area contributed by atoms with E-state index in [1.165, 1.54) is 18.2 Å². The number of piperidine rings is 1. The molecule has 0 bridgehead atoms. The summed E-state index contributed by atoms with van der Waals surface area (Å²) in [7, 11) is 0. The fourth-order valence-corrected chi connectivity index (χ4v) is 4.67. The maximum atomic E-state index is 13.8. The molecule has 1 aliphatic rings. The van der Waals surface area contributed by atoms with Crippen molar-refractivity contribution in [1.82, 2.24) is 4.90 Å². The third kappa shape index (κ3) is 7.87. The molecule has 3 aromatic carbocycles. The van der Waals surface area contributed by atoms with Crippen LogP contribution in [0.15, 0.2) is 84.9 Å². The van der Waals surface area contributed by atoms with Gasteiger partial charge in [-0.3, -0.25) is 14.4 Å². The minimum absolute atomic E-state index is 0.0461. The third-order valence-electron chi connectivity index (χ3n) is 6.71. The number of benzene rings is 3. The number of halogens is 1. The van der Waals surface area contributed by atoms with Gasteiger partial charge in [0, 0.05) is 24.9 Å². The summed E-state index contributed by atoms with van der Waals surface area (Å²) in [6.45, 7) is 3.29. The summed E-state index contributed by atoms with van der Waals surface area (Å²) in [4.78, 5) is 41.7. The zero-order chi connectivity index (χ0) is 27.6. The van der Waals surface area contributed by atoms with E-state index >= 15 is 0 Å². The fraction of sp³-hybridized carbons (Fsp3) is 0.281. The molecule has 1 saturated heterocycles. The van der Waals surface area contributed by atoms with E-state index in [9.17, 15) is 18.8 Å². The number of hydrogen-bond donors (Lipinski definition) is 0. The summed E-state index contributed by atoms with van der Waals surface area (Å²) in [6.07, 6.45) is 4.94. The van der Waals surface area contributed by atoms with Crippen molar-refractivity contribution in [2.75, 3.05) is 24.6 Å². The van der Waals surface area contributed by atoms with Crippen LogP contribution in [0.5, 0.6) is 0 Å². The SMILES string of the molecule is CCOC(=O)C1CCCN(C(=O)Cc2ccc(N(Cc3cccc(F)c3)C(=O)/C=C/c3ccccc3)cc2)C1. The number of hydrogen-bond acceptors (Lipinski definition) is 4. The molecule has 7 heteroatoms. The van der Waals surface area contributed by atoms with Crippen molar-refractivity contribution in [3.8, 4) is 0 Å². The van der Waals surface area contributed by atoms with Gasteiger partial charge < -0.3 is 14.5 Å². The minimum atomic E-state index is -0.364. The highest BCUT2D eigenvalue weighted by Gasteiger charge is 2.29. The van der Waals surface area contributed by atoms with Crippen LogP contribution in [-0.4, -0.2) is 42.4 Å². The topological polar surface area (TPSA) is 66.9 Å². The number of esters is 1. The first-order chi connectivity index (χ1) is 18.9. The lowest BCUT2D eigenvalue weighted by Gasteiger charge is -2.31. The molecule has 4 rings (SSSR count). The quantitative estimate of drug-likeness (QED) is 0.275. The molecule has 0 spiro atoms. The van der Waals surface area contributed by atoms with Crippen LogP contribution in [0, 0.1) is 11.7 Å². The van der Waals surface area contributed by atoms with Crippen LogP contribution in [0.2, 0.25) is 0 Å². The molecule has 0 radical (unpaired) electrons. The Hall–Kier alpha value is -4.26. The number of nitrogens with zero attached hydrogens (tertiary/aromatic N) is 2. The summed E-state index contributed by atoms with van der Waals surface area (Å²) in [5.41, 5.74) is 3.00. The highest BCUT2D eigenvalue weighted by Crippen LogP contribution is 2.22. The maximum absolute atomic E-state index is 13.8. The smallest absolute Gasteiger partial charge is 0.310 e. The van der Waals surface area contributed by atoms with Gasteiger partial charge in [-0.2, -0.15) is 0 Å². The van der Waals surface area contributed by atoms with Crippen molar-refractivity contribution in [1.29, 1.82) is 0 Å². The number of carbonyl (C=O) groups is 3. The number of carbonyl (C=O) groups excluding carboxylic acids is 3. The van der Waals surface area contributed by atoms with Crippen molar-refractivity contribution < 1.29 is 23.5 Å². The molecule has 39 heavy (non-hydrogen) atoms. The number of ether oxygens (including phenoxy) is 1. The summed E-state index contributed by atoms with van der Waals surface area (Å²) < 4.78 is 19.0. The van der Waals surface area contributed by atoms with Crippen LogP contribution in [-0.2, 0) is 32.1 Å². The standard InChI is InChI=1S/C32H33FN2O4/c1-2-39-32(38)27-11-7-19-34(23-27)31(37)21-25-13-16-29(17-14-25)35(22-26-10-6-12-28(33)20-26)30(36)18-15-24-8-4-3-5-9-24/h3-6,8-10,12-18,20,27H,2,7,11,19,21-23H2,1H3/b18-15+. The van der Waals surface area contributed by atoms with E-state index in [0.717, 1.165) is 24.0 Å². The summed E-state index contributed by atoms with van der Waals surface area (Å²) in [6, 6.07) is 22.9. The van der Waals surface area contributed by atoms with Crippen molar-refractivity contribution in [2.45, 2.75) is 32.7 Å². The van der Waals surface area contributed by atoms with E-state index in [2.05, 4.69) is 0 Å². The van der Waals surface area contributed by atoms with E-state index in [4.69, 9.17) is 4.74 Å². The van der Waals surface area contributed by atoms with Gasteiger partial charge in [0.15, 0.2) is 0 Å². The molecule has 1 aliphatic heterocycles. The zero-order valence-electron chi connectivity index (χ0n) is 22.1. The first-order valence-electron chi connectivity index (χ1n) is 13.3. The Morgan fingerprint density at radius 2 is 1.77 bits per heavy atom. The van der Waals surface area contributed by atoms with Gasteiger partial charge >= 0.3 is 5.97 Å². The normalized spacial score (nSPS) is 15.2. The lowest BCUT2D eigenvalue weighted by Crippen LogP contribution is -2.43. The molecule has 0 aromatic heterocycles. The van der Waals surface area contributed by atoms with Crippen LogP contribution in [0.1, 0.15) is 36.5 Å². The average molecular weight is 529 g/mol. The Bertz CT molecular complexity index is 1310. The van der Waals surface area contributed by atoms with Gasteiger partial charge in [0.25, 0.3) is 5.91 Å². The molecule has 6 nitrogen and oxygen atoms in total. The molecular weight excluding hydrogens is 495 g/mol. The van der Waals surface area contributed by atoms with E-state index in [1.54, 1.807) is 47.1 Å². The van der Waals surface area contributed by atoms with Gasteiger partial charge in [-0.1, -0.05) is 54.6 Å².